The number of sulfonamides is 1. The molecule has 0 bridgehead atoms. The Kier molecular flexibility index (Phi) is 6.84. The zero-order valence-corrected chi connectivity index (χ0v) is 16.4. The summed E-state index contributed by atoms with van der Waals surface area (Å²) >= 11 is 0. The van der Waals surface area contributed by atoms with Gasteiger partial charge in [0.25, 0.3) is 0 Å². The van der Waals surface area contributed by atoms with Crippen LogP contribution in [0.1, 0.15) is 18.5 Å². The van der Waals surface area contributed by atoms with Crippen LogP contribution in [0.5, 0.6) is 5.75 Å². The summed E-state index contributed by atoms with van der Waals surface area (Å²) in [5, 5.41) is 0. The molecular formula is C20H27N2O4S+. The van der Waals surface area contributed by atoms with Crippen molar-refractivity contribution in [1.82, 2.24) is 4.72 Å². The van der Waals surface area contributed by atoms with E-state index in [0.29, 0.717) is 32.1 Å². The summed E-state index contributed by atoms with van der Waals surface area (Å²) in [5.74, 6) is 0.661. The molecule has 1 atom stereocenters. The molecule has 1 aliphatic rings. The zero-order valence-electron chi connectivity index (χ0n) is 15.6. The Morgan fingerprint density at radius 3 is 2.37 bits per heavy atom. The van der Waals surface area contributed by atoms with Gasteiger partial charge in [-0.15, -0.1) is 0 Å². The lowest BCUT2D eigenvalue weighted by molar-refractivity contribution is -0.909. The number of hydrogen-bond acceptors (Lipinski definition) is 4. The van der Waals surface area contributed by atoms with Gasteiger partial charge in [-0.25, -0.2) is 8.42 Å². The number of benzene rings is 2. The Morgan fingerprint density at radius 2 is 1.74 bits per heavy atom. The predicted molar refractivity (Wildman–Crippen MR) is 103 cm³/mol. The van der Waals surface area contributed by atoms with Gasteiger partial charge in [0.05, 0.1) is 37.3 Å². The van der Waals surface area contributed by atoms with Gasteiger partial charge >= 0.3 is 0 Å². The minimum absolute atomic E-state index is 0.240. The van der Waals surface area contributed by atoms with Gasteiger partial charge in [-0.05, 0) is 36.8 Å². The molecular weight excluding hydrogens is 364 g/mol. The topological polar surface area (TPSA) is 69.1 Å². The van der Waals surface area contributed by atoms with Crippen LogP contribution < -0.4 is 14.4 Å². The molecule has 3 rings (SSSR count). The van der Waals surface area contributed by atoms with Gasteiger partial charge < -0.3 is 14.4 Å². The van der Waals surface area contributed by atoms with Crippen LogP contribution in [0.4, 0.5) is 0 Å². The van der Waals surface area contributed by atoms with Crippen LogP contribution in [0, 0.1) is 0 Å². The van der Waals surface area contributed by atoms with E-state index in [-0.39, 0.29) is 10.9 Å². The molecule has 0 unspecified atom stereocenters. The zero-order chi connectivity index (χ0) is 19.1. The first-order valence-corrected chi connectivity index (χ1v) is 10.8. The van der Waals surface area contributed by atoms with Gasteiger partial charge in [0.1, 0.15) is 18.8 Å². The lowest BCUT2D eigenvalue weighted by atomic mass is 10.1. The third-order valence-electron chi connectivity index (χ3n) is 4.64. The maximum absolute atomic E-state index is 12.9. The molecule has 2 aromatic rings. The van der Waals surface area contributed by atoms with Gasteiger partial charge in [-0.1, -0.05) is 30.3 Å². The van der Waals surface area contributed by atoms with E-state index in [4.69, 9.17) is 9.47 Å². The number of morpholine rings is 1. The van der Waals surface area contributed by atoms with Gasteiger partial charge in [0, 0.05) is 0 Å². The normalized spacial score (nSPS) is 16.8. The Balaban J connectivity index is 1.79. The lowest BCUT2D eigenvalue weighted by Gasteiger charge is -2.28. The van der Waals surface area contributed by atoms with Gasteiger partial charge in [0.2, 0.25) is 10.0 Å². The van der Waals surface area contributed by atoms with E-state index < -0.39 is 10.0 Å². The quantitative estimate of drug-likeness (QED) is 0.705. The first kappa shape index (κ1) is 19.8. The Labute approximate surface area is 161 Å². The molecule has 146 valence electrons. The SMILES string of the molecule is CCOc1ccc(S(=O)(=O)N[C@@H](C[NH+]2CCOCC2)c2ccccc2)cc1. The van der Waals surface area contributed by atoms with Crippen molar-refractivity contribution in [3.8, 4) is 5.75 Å². The maximum Gasteiger partial charge on any atom is 0.241 e. The number of ether oxygens (including phenoxy) is 2. The molecule has 0 aliphatic carbocycles. The molecule has 0 radical (unpaired) electrons. The average Bonchev–Trinajstić information content (AvgIpc) is 2.69. The van der Waals surface area contributed by atoms with Crippen LogP contribution in [0.25, 0.3) is 0 Å². The molecule has 2 aromatic carbocycles. The highest BCUT2D eigenvalue weighted by Gasteiger charge is 2.26. The van der Waals surface area contributed by atoms with Crippen LogP contribution in [-0.2, 0) is 14.8 Å². The van der Waals surface area contributed by atoms with Crippen molar-refractivity contribution >= 4 is 10.0 Å². The third kappa shape index (κ3) is 5.52. The van der Waals surface area contributed by atoms with Crippen molar-refractivity contribution in [1.29, 1.82) is 0 Å². The smallest absolute Gasteiger partial charge is 0.241 e. The highest BCUT2D eigenvalue weighted by molar-refractivity contribution is 7.89. The largest absolute Gasteiger partial charge is 0.494 e. The molecule has 0 spiro atoms. The van der Waals surface area contributed by atoms with E-state index >= 15 is 0 Å². The van der Waals surface area contributed by atoms with Gasteiger partial charge in [-0.3, -0.25) is 0 Å². The molecule has 1 heterocycles. The molecule has 0 amide bonds. The van der Waals surface area contributed by atoms with Crippen LogP contribution in [0.3, 0.4) is 0 Å². The molecule has 27 heavy (non-hydrogen) atoms. The summed E-state index contributed by atoms with van der Waals surface area (Å²) in [5.41, 5.74) is 0.964. The number of hydrogen-bond donors (Lipinski definition) is 2. The molecule has 6 nitrogen and oxygen atoms in total. The van der Waals surface area contributed by atoms with Crippen molar-refractivity contribution in [3.63, 3.8) is 0 Å². The van der Waals surface area contributed by atoms with E-state index in [9.17, 15) is 8.42 Å². The summed E-state index contributed by atoms with van der Waals surface area (Å²) in [4.78, 5) is 1.58. The molecule has 0 saturated carbocycles. The first-order chi connectivity index (χ1) is 13.1. The summed E-state index contributed by atoms with van der Waals surface area (Å²) < 4.78 is 39.6. The summed E-state index contributed by atoms with van der Waals surface area (Å²) in [6, 6.07) is 16.0. The molecule has 1 saturated heterocycles. The van der Waals surface area contributed by atoms with E-state index in [2.05, 4.69) is 4.72 Å². The lowest BCUT2D eigenvalue weighted by Crippen LogP contribution is -3.14. The van der Waals surface area contributed by atoms with Crippen LogP contribution in [0.2, 0.25) is 0 Å². The van der Waals surface area contributed by atoms with E-state index in [1.807, 2.05) is 37.3 Å². The summed E-state index contributed by atoms with van der Waals surface area (Å²) in [6.45, 7) is 6.31. The Bertz CT molecular complexity index is 804. The molecule has 1 aliphatic heterocycles. The monoisotopic (exact) mass is 391 g/mol. The molecule has 7 heteroatoms. The summed E-state index contributed by atoms with van der Waals surface area (Å²) in [7, 11) is -3.64. The van der Waals surface area contributed by atoms with Crippen molar-refractivity contribution < 1.29 is 22.8 Å². The number of rotatable bonds is 8. The van der Waals surface area contributed by atoms with Crippen LogP contribution in [-0.4, -0.2) is 47.9 Å². The highest BCUT2D eigenvalue weighted by atomic mass is 32.2. The van der Waals surface area contributed by atoms with Gasteiger partial charge in [0.15, 0.2) is 0 Å². The Morgan fingerprint density at radius 1 is 1.07 bits per heavy atom. The number of nitrogens with one attached hydrogen (secondary N) is 2. The number of quaternary nitrogens is 1. The predicted octanol–water partition coefficient (Wildman–Crippen LogP) is 1.02. The van der Waals surface area contributed by atoms with Crippen molar-refractivity contribution in [2.75, 3.05) is 39.5 Å². The van der Waals surface area contributed by atoms with Crippen LogP contribution >= 0.6 is 0 Å². The van der Waals surface area contributed by atoms with E-state index in [1.165, 1.54) is 4.90 Å². The van der Waals surface area contributed by atoms with Crippen molar-refractivity contribution in [2.24, 2.45) is 0 Å². The summed E-state index contributed by atoms with van der Waals surface area (Å²) in [6.07, 6.45) is 0. The van der Waals surface area contributed by atoms with Crippen molar-refractivity contribution in [3.05, 3.63) is 60.2 Å². The third-order valence-corrected chi connectivity index (χ3v) is 6.12. The maximum atomic E-state index is 12.9. The fourth-order valence-corrected chi connectivity index (χ4v) is 4.43. The minimum Gasteiger partial charge on any atom is -0.494 e. The van der Waals surface area contributed by atoms with E-state index in [1.54, 1.807) is 24.3 Å². The minimum atomic E-state index is -3.64. The fourth-order valence-electron chi connectivity index (χ4n) is 3.20. The second kappa shape index (κ2) is 9.32. The molecule has 0 aromatic heterocycles. The molecule has 1 fully saturated rings. The fraction of sp³-hybridized carbons (Fsp3) is 0.400. The van der Waals surface area contributed by atoms with Crippen LogP contribution in [0.15, 0.2) is 59.5 Å². The first-order valence-electron chi connectivity index (χ1n) is 9.30. The molecule has 2 N–H and O–H groups in total. The average molecular weight is 392 g/mol. The highest BCUT2D eigenvalue weighted by Crippen LogP contribution is 2.19. The van der Waals surface area contributed by atoms with Gasteiger partial charge in [-0.2, -0.15) is 4.72 Å². The second-order valence-corrected chi connectivity index (χ2v) is 8.27. The second-order valence-electron chi connectivity index (χ2n) is 6.56. The van der Waals surface area contributed by atoms with Crippen molar-refractivity contribution in [2.45, 2.75) is 17.9 Å². The Hall–Kier alpha value is -1.93. The standard InChI is InChI=1S/C20H26N2O4S/c1-2-26-18-8-10-19(11-9-18)27(23,24)21-20(17-6-4-3-5-7-17)16-22-12-14-25-15-13-22/h3-11,20-21H,2,12-16H2,1H3/p+1/t20-/m0/s1. The van der Waals surface area contributed by atoms with E-state index in [0.717, 1.165) is 18.7 Å².